The van der Waals surface area contributed by atoms with Gasteiger partial charge < -0.3 is 9.64 Å². The van der Waals surface area contributed by atoms with Gasteiger partial charge in [-0.25, -0.2) is 9.67 Å². The van der Waals surface area contributed by atoms with Gasteiger partial charge in [-0.15, -0.1) is 16.4 Å². The van der Waals surface area contributed by atoms with Gasteiger partial charge in [-0.05, 0) is 12.1 Å². The number of carbonyl (C=O) groups excluding carboxylic acids is 1. The second-order valence-corrected chi connectivity index (χ2v) is 7.92. The van der Waals surface area contributed by atoms with Crippen molar-refractivity contribution >= 4 is 17.2 Å². The van der Waals surface area contributed by atoms with Crippen LogP contribution in [0.1, 0.15) is 22.2 Å². The van der Waals surface area contributed by atoms with Crippen molar-refractivity contribution in [2.24, 2.45) is 0 Å². The molecule has 2 aromatic heterocycles. The molecule has 1 saturated heterocycles. The van der Waals surface area contributed by atoms with Crippen LogP contribution in [0, 0.1) is 0 Å². The second-order valence-electron chi connectivity index (χ2n) is 7.06. The van der Waals surface area contributed by atoms with E-state index >= 15 is 0 Å². The fourth-order valence-electron chi connectivity index (χ4n) is 3.27. The molecular weight excluding hydrogens is 398 g/mol. The number of ether oxygens (including phenoxy) is 1. The maximum Gasteiger partial charge on any atom is 0.273 e. The van der Waals surface area contributed by atoms with E-state index < -0.39 is 0 Å². The van der Waals surface area contributed by atoms with Crippen LogP contribution in [0.15, 0.2) is 72.2 Å². The molecule has 5 rings (SSSR count). The number of hydrogen-bond acceptors (Lipinski definition) is 6. The first-order valence-corrected chi connectivity index (χ1v) is 10.5. The van der Waals surface area contributed by atoms with E-state index in [1.165, 1.54) is 11.3 Å². The molecule has 2 aromatic carbocycles. The normalized spacial score (nSPS) is 13.8. The highest BCUT2D eigenvalue weighted by Gasteiger charge is 2.34. The van der Waals surface area contributed by atoms with Crippen LogP contribution in [0.5, 0.6) is 5.75 Å². The average Bonchev–Trinajstić information content (AvgIpc) is 3.43. The smallest absolute Gasteiger partial charge is 0.273 e. The number of thiazole rings is 1. The molecule has 0 aliphatic carbocycles. The monoisotopic (exact) mass is 417 g/mol. The van der Waals surface area contributed by atoms with E-state index in [4.69, 9.17) is 4.74 Å². The van der Waals surface area contributed by atoms with Crippen LogP contribution in [0.3, 0.4) is 0 Å². The molecule has 0 saturated carbocycles. The van der Waals surface area contributed by atoms with Crippen molar-refractivity contribution in [3.63, 3.8) is 0 Å². The Hall–Kier alpha value is -3.52. The zero-order valence-corrected chi connectivity index (χ0v) is 16.9. The Balaban J connectivity index is 1.16. The highest BCUT2D eigenvalue weighted by Crippen LogP contribution is 2.27. The standard InChI is InChI=1S/C22H19N5O2S/c28-22(20-15-30-21(23-20)16-7-3-1-4-8-16)26-12-18(13-26)27-11-17(24-25-27)14-29-19-9-5-2-6-10-19/h1-11,15,18H,12-14H2. The number of benzene rings is 2. The Kier molecular flexibility index (Phi) is 4.98. The Labute approximate surface area is 177 Å². The molecule has 3 heterocycles. The fraction of sp³-hybridized carbons (Fsp3) is 0.182. The zero-order valence-electron chi connectivity index (χ0n) is 16.1. The van der Waals surface area contributed by atoms with E-state index in [1.807, 2.05) is 76.9 Å². The van der Waals surface area contributed by atoms with Crippen molar-refractivity contribution in [1.29, 1.82) is 0 Å². The van der Waals surface area contributed by atoms with Crippen LogP contribution >= 0.6 is 11.3 Å². The second kappa shape index (κ2) is 8.08. The first kappa shape index (κ1) is 18.5. The highest BCUT2D eigenvalue weighted by molar-refractivity contribution is 7.13. The molecule has 4 aromatic rings. The zero-order chi connectivity index (χ0) is 20.3. The van der Waals surface area contributed by atoms with E-state index in [0.717, 1.165) is 22.0 Å². The van der Waals surface area contributed by atoms with Gasteiger partial charge in [0.2, 0.25) is 0 Å². The minimum Gasteiger partial charge on any atom is -0.487 e. The first-order chi connectivity index (χ1) is 14.8. The lowest BCUT2D eigenvalue weighted by Gasteiger charge is -2.38. The molecule has 0 unspecified atom stereocenters. The summed E-state index contributed by atoms with van der Waals surface area (Å²) in [6, 6.07) is 19.6. The molecule has 30 heavy (non-hydrogen) atoms. The summed E-state index contributed by atoms with van der Waals surface area (Å²) in [6.45, 7) is 1.55. The number of aromatic nitrogens is 4. The molecule has 0 spiro atoms. The summed E-state index contributed by atoms with van der Waals surface area (Å²) >= 11 is 1.49. The number of hydrogen-bond donors (Lipinski definition) is 0. The lowest BCUT2D eigenvalue weighted by molar-refractivity contribution is 0.0493. The van der Waals surface area contributed by atoms with Gasteiger partial charge in [-0.3, -0.25) is 4.79 Å². The first-order valence-electron chi connectivity index (χ1n) is 9.65. The van der Waals surface area contributed by atoms with Gasteiger partial charge >= 0.3 is 0 Å². The van der Waals surface area contributed by atoms with Crippen LogP contribution in [0.2, 0.25) is 0 Å². The average molecular weight is 417 g/mol. The van der Waals surface area contributed by atoms with Crippen LogP contribution in [0.25, 0.3) is 10.6 Å². The van der Waals surface area contributed by atoms with Crippen molar-refractivity contribution in [3.05, 3.63) is 83.6 Å². The Bertz CT molecular complexity index is 1140. The van der Waals surface area contributed by atoms with Crippen LogP contribution in [-0.2, 0) is 6.61 Å². The minimum atomic E-state index is -0.0440. The van der Waals surface area contributed by atoms with Gasteiger partial charge in [0.1, 0.15) is 28.8 Å². The summed E-state index contributed by atoms with van der Waals surface area (Å²) in [6.07, 6.45) is 1.88. The lowest BCUT2D eigenvalue weighted by atomic mass is 10.1. The summed E-state index contributed by atoms with van der Waals surface area (Å²) in [5.41, 5.74) is 2.28. The maximum absolute atomic E-state index is 12.7. The number of carbonyl (C=O) groups is 1. The Morgan fingerprint density at radius 1 is 1.07 bits per heavy atom. The van der Waals surface area contributed by atoms with Crippen molar-refractivity contribution in [2.75, 3.05) is 13.1 Å². The molecule has 1 aliphatic heterocycles. The number of likely N-dealkylation sites (tertiary alicyclic amines) is 1. The van der Waals surface area contributed by atoms with E-state index in [-0.39, 0.29) is 11.9 Å². The number of nitrogens with zero attached hydrogens (tertiary/aromatic N) is 5. The third-order valence-corrected chi connectivity index (χ3v) is 5.85. The fourth-order valence-corrected chi connectivity index (χ4v) is 4.07. The SMILES string of the molecule is O=C(c1csc(-c2ccccc2)n1)N1CC(n2cc(COc3ccccc3)nn2)C1. The quantitative estimate of drug-likeness (QED) is 0.479. The van der Waals surface area contributed by atoms with Crippen molar-refractivity contribution in [3.8, 4) is 16.3 Å². The highest BCUT2D eigenvalue weighted by atomic mass is 32.1. The minimum absolute atomic E-state index is 0.0440. The molecule has 0 atom stereocenters. The van der Waals surface area contributed by atoms with Crippen molar-refractivity contribution in [1.82, 2.24) is 24.9 Å². The van der Waals surface area contributed by atoms with Crippen LogP contribution in [0.4, 0.5) is 0 Å². The molecule has 1 amide bonds. The number of para-hydroxylation sites is 1. The third-order valence-electron chi connectivity index (χ3n) is 4.96. The summed E-state index contributed by atoms with van der Waals surface area (Å²) in [5, 5.41) is 11.1. The predicted molar refractivity (Wildman–Crippen MR) is 113 cm³/mol. The summed E-state index contributed by atoms with van der Waals surface area (Å²) in [7, 11) is 0. The van der Waals surface area contributed by atoms with E-state index in [2.05, 4.69) is 15.3 Å². The largest absolute Gasteiger partial charge is 0.487 e. The van der Waals surface area contributed by atoms with E-state index in [1.54, 1.807) is 4.90 Å². The third kappa shape index (κ3) is 3.81. The van der Waals surface area contributed by atoms with Crippen molar-refractivity contribution in [2.45, 2.75) is 12.6 Å². The van der Waals surface area contributed by atoms with E-state index in [0.29, 0.717) is 25.4 Å². The number of rotatable bonds is 6. The van der Waals surface area contributed by atoms with Gasteiger partial charge in [0, 0.05) is 24.0 Å². The van der Waals surface area contributed by atoms with Gasteiger partial charge in [-0.1, -0.05) is 53.7 Å². The Morgan fingerprint density at radius 2 is 1.80 bits per heavy atom. The molecule has 1 aliphatic rings. The summed E-state index contributed by atoms with van der Waals surface area (Å²) in [4.78, 5) is 19.0. The predicted octanol–water partition coefficient (Wildman–Crippen LogP) is 3.68. The molecule has 1 fully saturated rings. The molecule has 150 valence electrons. The molecule has 7 nitrogen and oxygen atoms in total. The van der Waals surface area contributed by atoms with Gasteiger partial charge in [0.05, 0.1) is 12.2 Å². The number of amides is 1. The molecule has 8 heteroatoms. The molecule has 0 N–H and O–H groups in total. The topological polar surface area (TPSA) is 73.1 Å². The molecule has 0 radical (unpaired) electrons. The van der Waals surface area contributed by atoms with Gasteiger partial charge in [-0.2, -0.15) is 0 Å². The van der Waals surface area contributed by atoms with Crippen LogP contribution in [-0.4, -0.2) is 43.9 Å². The van der Waals surface area contributed by atoms with Crippen molar-refractivity contribution < 1.29 is 9.53 Å². The van der Waals surface area contributed by atoms with E-state index in [9.17, 15) is 4.79 Å². The summed E-state index contributed by atoms with van der Waals surface area (Å²) in [5.74, 6) is 0.753. The molecule has 0 bridgehead atoms. The van der Waals surface area contributed by atoms with Gasteiger partial charge in [0.15, 0.2) is 0 Å². The molecular formula is C22H19N5O2S. The van der Waals surface area contributed by atoms with Crippen LogP contribution < -0.4 is 4.74 Å². The lowest BCUT2D eigenvalue weighted by Crippen LogP contribution is -2.51. The summed E-state index contributed by atoms with van der Waals surface area (Å²) < 4.78 is 7.51. The Morgan fingerprint density at radius 3 is 2.57 bits per heavy atom. The van der Waals surface area contributed by atoms with Gasteiger partial charge in [0.25, 0.3) is 5.91 Å². The maximum atomic E-state index is 12.7.